The highest BCUT2D eigenvalue weighted by molar-refractivity contribution is 5.85. The number of hydrogen-bond acceptors (Lipinski definition) is 3. The maximum Gasteiger partial charge on any atom is 0.304 e. The predicted molar refractivity (Wildman–Crippen MR) is 83.5 cm³/mol. The summed E-state index contributed by atoms with van der Waals surface area (Å²) < 4.78 is 0. The molecular weight excluding hydrogens is 276 g/mol. The molecule has 2 heterocycles. The Balaban J connectivity index is 0.00000200. The third-order valence-corrected chi connectivity index (χ3v) is 4.64. The van der Waals surface area contributed by atoms with Crippen molar-refractivity contribution in [3.05, 3.63) is 0 Å². The van der Waals surface area contributed by atoms with E-state index in [1.54, 1.807) is 0 Å². The van der Waals surface area contributed by atoms with Gasteiger partial charge in [-0.15, -0.1) is 12.4 Å². The molecule has 0 radical (unpaired) electrons. The molecular formula is C15H29ClN2O2. The minimum Gasteiger partial charge on any atom is -0.481 e. The van der Waals surface area contributed by atoms with E-state index in [9.17, 15) is 4.79 Å². The van der Waals surface area contributed by atoms with Crippen LogP contribution in [0.25, 0.3) is 0 Å². The fourth-order valence-corrected chi connectivity index (χ4v) is 3.37. The third-order valence-electron chi connectivity index (χ3n) is 4.64. The number of carbonyl (C=O) groups is 1. The van der Waals surface area contributed by atoms with Gasteiger partial charge in [-0.1, -0.05) is 6.92 Å². The van der Waals surface area contributed by atoms with Crippen LogP contribution in [0.15, 0.2) is 0 Å². The van der Waals surface area contributed by atoms with Gasteiger partial charge in [-0.05, 0) is 57.2 Å². The average molecular weight is 305 g/mol. The first kappa shape index (κ1) is 17.7. The lowest BCUT2D eigenvalue weighted by molar-refractivity contribution is -0.137. The molecule has 1 unspecified atom stereocenters. The number of halogens is 1. The highest BCUT2D eigenvalue weighted by atomic mass is 35.5. The van der Waals surface area contributed by atoms with Gasteiger partial charge < -0.3 is 14.9 Å². The molecule has 2 aliphatic heterocycles. The van der Waals surface area contributed by atoms with Crippen molar-refractivity contribution < 1.29 is 9.90 Å². The number of carboxylic acids is 1. The zero-order valence-corrected chi connectivity index (χ0v) is 13.4. The molecule has 0 aliphatic carbocycles. The Hall–Kier alpha value is -0.320. The standard InChI is InChI=1S/C15H28N2O2.ClH/c1-13-4-8-17(9-5-13)12-14-3-2-7-16(11-14)10-6-15(18)19;/h13-14H,2-12H2,1H3,(H,18,19);1H. The maximum absolute atomic E-state index is 10.6. The number of hydrogen-bond donors (Lipinski definition) is 1. The van der Waals surface area contributed by atoms with Crippen LogP contribution in [0.3, 0.4) is 0 Å². The van der Waals surface area contributed by atoms with Gasteiger partial charge in [0, 0.05) is 19.6 Å². The van der Waals surface area contributed by atoms with Gasteiger partial charge in [0.2, 0.25) is 0 Å². The second-order valence-corrected chi connectivity index (χ2v) is 6.44. The second-order valence-electron chi connectivity index (χ2n) is 6.44. The van der Waals surface area contributed by atoms with Crippen LogP contribution in [-0.2, 0) is 4.79 Å². The van der Waals surface area contributed by atoms with Crippen molar-refractivity contribution in [3.8, 4) is 0 Å². The topological polar surface area (TPSA) is 43.8 Å². The van der Waals surface area contributed by atoms with Gasteiger partial charge >= 0.3 is 5.97 Å². The van der Waals surface area contributed by atoms with Crippen LogP contribution in [0.4, 0.5) is 0 Å². The van der Waals surface area contributed by atoms with Crippen molar-refractivity contribution in [1.29, 1.82) is 0 Å². The number of nitrogens with zero attached hydrogens (tertiary/aromatic N) is 2. The quantitative estimate of drug-likeness (QED) is 0.846. The van der Waals surface area contributed by atoms with Crippen molar-refractivity contribution in [2.24, 2.45) is 11.8 Å². The summed E-state index contributed by atoms with van der Waals surface area (Å²) in [4.78, 5) is 15.6. The first-order chi connectivity index (χ1) is 9.13. The summed E-state index contributed by atoms with van der Waals surface area (Å²) in [6.07, 6.45) is 5.52. The number of piperidine rings is 2. The molecule has 2 rings (SSSR count). The van der Waals surface area contributed by atoms with Crippen LogP contribution in [0, 0.1) is 11.8 Å². The van der Waals surface area contributed by atoms with E-state index in [-0.39, 0.29) is 18.8 Å². The first-order valence-corrected chi connectivity index (χ1v) is 7.80. The van der Waals surface area contributed by atoms with Crippen LogP contribution >= 0.6 is 12.4 Å². The Morgan fingerprint density at radius 3 is 2.50 bits per heavy atom. The SMILES string of the molecule is CC1CCN(CC2CCCN(CCC(=O)O)C2)CC1.Cl. The van der Waals surface area contributed by atoms with Gasteiger partial charge in [0.1, 0.15) is 0 Å². The second kappa shape index (κ2) is 8.85. The minimum atomic E-state index is -0.674. The summed E-state index contributed by atoms with van der Waals surface area (Å²) in [5.41, 5.74) is 0. The highest BCUT2D eigenvalue weighted by Crippen LogP contribution is 2.21. The normalized spacial score (nSPS) is 26.1. The van der Waals surface area contributed by atoms with Crippen molar-refractivity contribution >= 4 is 18.4 Å². The molecule has 0 aromatic heterocycles. The van der Waals surface area contributed by atoms with E-state index < -0.39 is 5.97 Å². The van der Waals surface area contributed by atoms with Crippen molar-refractivity contribution in [2.45, 2.75) is 39.0 Å². The summed E-state index contributed by atoms with van der Waals surface area (Å²) >= 11 is 0. The first-order valence-electron chi connectivity index (χ1n) is 7.80. The molecule has 118 valence electrons. The van der Waals surface area contributed by atoms with Crippen LogP contribution in [0.1, 0.15) is 39.0 Å². The third kappa shape index (κ3) is 5.98. The smallest absolute Gasteiger partial charge is 0.304 e. The van der Waals surface area contributed by atoms with Crippen LogP contribution in [0.2, 0.25) is 0 Å². The van der Waals surface area contributed by atoms with Gasteiger partial charge in [0.05, 0.1) is 6.42 Å². The van der Waals surface area contributed by atoms with Gasteiger partial charge in [0.25, 0.3) is 0 Å². The van der Waals surface area contributed by atoms with Gasteiger partial charge in [-0.3, -0.25) is 4.79 Å². The zero-order valence-electron chi connectivity index (χ0n) is 12.6. The van der Waals surface area contributed by atoms with Gasteiger partial charge in [-0.2, -0.15) is 0 Å². The van der Waals surface area contributed by atoms with E-state index in [0.29, 0.717) is 0 Å². The fourth-order valence-electron chi connectivity index (χ4n) is 3.37. The number of likely N-dealkylation sites (tertiary alicyclic amines) is 2. The summed E-state index contributed by atoms with van der Waals surface area (Å²) in [7, 11) is 0. The van der Waals surface area contributed by atoms with E-state index in [2.05, 4.69) is 16.7 Å². The Labute approximate surface area is 128 Å². The molecule has 0 aromatic rings. The number of aliphatic carboxylic acids is 1. The minimum absolute atomic E-state index is 0. The van der Waals surface area contributed by atoms with Crippen molar-refractivity contribution in [1.82, 2.24) is 9.80 Å². The van der Waals surface area contributed by atoms with Crippen LogP contribution < -0.4 is 0 Å². The zero-order chi connectivity index (χ0) is 13.7. The Morgan fingerprint density at radius 1 is 1.15 bits per heavy atom. The lowest BCUT2D eigenvalue weighted by atomic mass is 9.94. The molecule has 2 aliphatic rings. The monoisotopic (exact) mass is 304 g/mol. The molecule has 1 N–H and O–H groups in total. The van der Waals surface area contributed by atoms with Gasteiger partial charge in [0.15, 0.2) is 0 Å². The average Bonchev–Trinajstić information content (AvgIpc) is 2.40. The molecule has 4 nitrogen and oxygen atoms in total. The van der Waals surface area contributed by atoms with E-state index in [1.807, 2.05) is 0 Å². The maximum atomic E-state index is 10.6. The lowest BCUT2D eigenvalue weighted by Crippen LogP contribution is -2.43. The Morgan fingerprint density at radius 2 is 1.85 bits per heavy atom. The van der Waals surface area contributed by atoms with Crippen molar-refractivity contribution in [2.75, 3.05) is 39.3 Å². The molecule has 2 fully saturated rings. The van der Waals surface area contributed by atoms with E-state index in [1.165, 1.54) is 45.3 Å². The number of carboxylic acid groups (broad SMARTS) is 1. The summed E-state index contributed by atoms with van der Waals surface area (Å²) in [5, 5.41) is 8.76. The highest BCUT2D eigenvalue weighted by Gasteiger charge is 2.24. The summed E-state index contributed by atoms with van der Waals surface area (Å²) in [6, 6.07) is 0. The molecule has 0 amide bonds. The molecule has 2 saturated heterocycles. The lowest BCUT2D eigenvalue weighted by Gasteiger charge is -2.37. The number of rotatable bonds is 5. The Kier molecular flexibility index (Phi) is 7.85. The summed E-state index contributed by atoms with van der Waals surface area (Å²) in [6.45, 7) is 8.99. The largest absolute Gasteiger partial charge is 0.481 e. The van der Waals surface area contributed by atoms with Gasteiger partial charge in [-0.25, -0.2) is 0 Å². The molecule has 5 heteroatoms. The van der Waals surface area contributed by atoms with Crippen LogP contribution in [0.5, 0.6) is 0 Å². The van der Waals surface area contributed by atoms with Crippen molar-refractivity contribution in [3.63, 3.8) is 0 Å². The van der Waals surface area contributed by atoms with Crippen LogP contribution in [-0.4, -0.2) is 60.1 Å². The van der Waals surface area contributed by atoms with E-state index in [4.69, 9.17) is 5.11 Å². The predicted octanol–water partition coefficient (Wildman–Crippen LogP) is 2.33. The molecule has 20 heavy (non-hydrogen) atoms. The van der Waals surface area contributed by atoms with E-state index >= 15 is 0 Å². The Bertz CT molecular complexity index is 294. The molecule has 1 atom stereocenters. The fraction of sp³-hybridized carbons (Fsp3) is 0.933. The molecule has 0 aromatic carbocycles. The molecule has 0 spiro atoms. The molecule has 0 bridgehead atoms. The van der Waals surface area contributed by atoms with E-state index in [0.717, 1.165) is 31.5 Å². The summed E-state index contributed by atoms with van der Waals surface area (Å²) in [5.74, 6) is 0.970. The molecule has 0 saturated carbocycles.